The van der Waals surface area contributed by atoms with E-state index in [1.54, 1.807) is 30.3 Å². The van der Waals surface area contributed by atoms with Crippen LogP contribution in [0.25, 0.3) is 11.1 Å². The molecule has 3 heteroatoms. The molecule has 0 fully saturated rings. The molecule has 0 bridgehead atoms. The van der Waals surface area contributed by atoms with Crippen molar-refractivity contribution in [2.24, 2.45) is 0 Å². The lowest BCUT2D eigenvalue weighted by molar-refractivity contribution is 0.444. The number of para-hydroxylation sites is 2. The zero-order chi connectivity index (χ0) is 14.7. The number of hydrogen-bond donors (Lipinski definition) is 0. The average molecular weight is 299 g/mol. The largest absolute Gasteiger partial charge is 0.454 e. The Bertz CT molecular complexity index is 739. The van der Waals surface area contributed by atoms with Gasteiger partial charge in [0, 0.05) is 10.6 Å². The van der Waals surface area contributed by atoms with Crippen LogP contribution in [0, 0.1) is 5.82 Å². The van der Waals surface area contributed by atoms with Crippen molar-refractivity contribution in [3.8, 4) is 22.6 Å². The quantitative estimate of drug-likeness (QED) is 0.581. The fourth-order valence-electron chi connectivity index (χ4n) is 2.08. The Kier molecular flexibility index (Phi) is 3.89. The van der Waals surface area contributed by atoms with E-state index in [9.17, 15) is 4.39 Å². The number of rotatable bonds is 3. The Morgan fingerprint density at radius 1 is 0.762 bits per heavy atom. The molecule has 104 valence electrons. The van der Waals surface area contributed by atoms with Gasteiger partial charge in [0.2, 0.25) is 0 Å². The van der Waals surface area contributed by atoms with Crippen LogP contribution in [0.2, 0.25) is 5.02 Å². The third-order valence-corrected chi connectivity index (χ3v) is 3.34. The van der Waals surface area contributed by atoms with E-state index >= 15 is 0 Å². The minimum absolute atomic E-state index is 0.214. The highest BCUT2D eigenvalue weighted by atomic mass is 35.5. The van der Waals surface area contributed by atoms with Crippen LogP contribution in [0.15, 0.2) is 72.8 Å². The van der Waals surface area contributed by atoms with Gasteiger partial charge in [0.25, 0.3) is 0 Å². The van der Waals surface area contributed by atoms with Gasteiger partial charge in [-0.3, -0.25) is 0 Å². The molecule has 0 unspecified atom stereocenters. The number of benzene rings is 3. The van der Waals surface area contributed by atoms with Gasteiger partial charge in [-0.15, -0.1) is 0 Å². The van der Waals surface area contributed by atoms with Crippen molar-refractivity contribution in [1.29, 1.82) is 0 Å². The number of ether oxygens (including phenoxy) is 1. The van der Waals surface area contributed by atoms with Crippen LogP contribution in [0.5, 0.6) is 11.5 Å². The Hall–Kier alpha value is -2.32. The van der Waals surface area contributed by atoms with E-state index < -0.39 is 5.82 Å². The molecule has 3 aromatic rings. The lowest BCUT2D eigenvalue weighted by atomic mass is 10.0. The summed E-state index contributed by atoms with van der Waals surface area (Å²) in [5, 5.41) is 0.640. The Morgan fingerprint density at radius 3 is 2.19 bits per heavy atom. The highest BCUT2D eigenvalue weighted by Crippen LogP contribution is 2.35. The molecule has 0 amide bonds. The summed E-state index contributed by atoms with van der Waals surface area (Å²) in [6.07, 6.45) is 0. The molecule has 0 aliphatic heterocycles. The molecule has 3 aromatic carbocycles. The average Bonchev–Trinajstić information content (AvgIpc) is 2.51. The Labute approximate surface area is 127 Å². The van der Waals surface area contributed by atoms with Gasteiger partial charge in [-0.2, -0.15) is 0 Å². The van der Waals surface area contributed by atoms with Gasteiger partial charge in [-0.1, -0.05) is 54.1 Å². The summed E-state index contributed by atoms with van der Waals surface area (Å²) in [6.45, 7) is 0. The maximum absolute atomic E-state index is 14.1. The molecule has 0 saturated heterocycles. The highest BCUT2D eigenvalue weighted by Gasteiger charge is 2.12. The second-order valence-corrected chi connectivity index (χ2v) is 4.97. The minimum atomic E-state index is -0.397. The van der Waals surface area contributed by atoms with Crippen molar-refractivity contribution < 1.29 is 9.13 Å². The second kappa shape index (κ2) is 5.98. The summed E-state index contributed by atoms with van der Waals surface area (Å²) in [4.78, 5) is 0. The van der Waals surface area contributed by atoms with Crippen LogP contribution in [0.1, 0.15) is 0 Å². The topological polar surface area (TPSA) is 9.23 Å². The van der Waals surface area contributed by atoms with Gasteiger partial charge in [-0.25, -0.2) is 4.39 Å². The molecule has 0 aliphatic rings. The number of hydrogen-bond acceptors (Lipinski definition) is 1. The van der Waals surface area contributed by atoms with E-state index in [2.05, 4.69) is 0 Å². The highest BCUT2D eigenvalue weighted by molar-refractivity contribution is 6.30. The maximum atomic E-state index is 14.1. The molecular weight excluding hydrogens is 287 g/mol. The Balaban J connectivity index is 2.05. The third kappa shape index (κ3) is 3.06. The van der Waals surface area contributed by atoms with Crippen molar-refractivity contribution in [2.75, 3.05) is 0 Å². The van der Waals surface area contributed by atoms with Crippen LogP contribution < -0.4 is 4.74 Å². The van der Waals surface area contributed by atoms with E-state index in [1.165, 1.54) is 6.07 Å². The van der Waals surface area contributed by atoms with Crippen molar-refractivity contribution >= 4 is 11.6 Å². The van der Waals surface area contributed by atoms with E-state index in [0.29, 0.717) is 16.3 Å². The fourth-order valence-corrected chi connectivity index (χ4v) is 2.20. The first-order valence-corrected chi connectivity index (χ1v) is 6.89. The second-order valence-electron chi connectivity index (χ2n) is 4.54. The third-order valence-electron chi connectivity index (χ3n) is 3.09. The molecule has 0 atom stereocenters. The molecule has 21 heavy (non-hydrogen) atoms. The molecule has 0 N–H and O–H groups in total. The molecule has 0 radical (unpaired) electrons. The molecule has 1 nitrogen and oxygen atoms in total. The first kappa shape index (κ1) is 13.7. The zero-order valence-electron chi connectivity index (χ0n) is 11.1. The summed E-state index contributed by atoms with van der Waals surface area (Å²) >= 11 is 5.89. The van der Waals surface area contributed by atoms with Crippen LogP contribution in [-0.2, 0) is 0 Å². The van der Waals surface area contributed by atoms with Gasteiger partial charge < -0.3 is 4.74 Å². The van der Waals surface area contributed by atoms with Crippen LogP contribution in [0.3, 0.4) is 0 Å². The van der Waals surface area contributed by atoms with Crippen molar-refractivity contribution in [3.05, 3.63) is 83.6 Å². The van der Waals surface area contributed by atoms with Gasteiger partial charge in [0.05, 0.1) is 0 Å². The van der Waals surface area contributed by atoms with E-state index in [-0.39, 0.29) is 5.75 Å². The van der Waals surface area contributed by atoms with Crippen molar-refractivity contribution in [3.63, 3.8) is 0 Å². The smallest absolute Gasteiger partial charge is 0.170 e. The summed E-state index contributed by atoms with van der Waals surface area (Å²) in [7, 11) is 0. The van der Waals surface area contributed by atoms with Gasteiger partial charge >= 0.3 is 0 Å². The van der Waals surface area contributed by atoms with Crippen LogP contribution in [0.4, 0.5) is 4.39 Å². The monoisotopic (exact) mass is 298 g/mol. The zero-order valence-corrected chi connectivity index (χ0v) is 11.8. The summed E-state index contributed by atoms with van der Waals surface area (Å²) < 4.78 is 19.9. The molecule has 3 rings (SSSR count). The summed E-state index contributed by atoms with van der Waals surface area (Å²) in [6, 6.07) is 21.3. The molecule has 0 heterocycles. The Morgan fingerprint density at radius 2 is 1.48 bits per heavy atom. The van der Waals surface area contributed by atoms with E-state index in [0.717, 1.165) is 5.56 Å². The number of halogens is 2. The van der Waals surface area contributed by atoms with E-state index in [1.807, 2.05) is 36.4 Å². The van der Waals surface area contributed by atoms with Gasteiger partial charge in [0.1, 0.15) is 5.75 Å². The maximum Gasteiger partial charge on any atom is 0.170 e. The standard InChI is InChI=1S/C18H12ClFO/c19-14-11-9-13(10-12-14)16-7-4-8-17(20)18(16)21-15-5-2-1-3-6-15/h1-12H. The normalized spacial score (nSPS) is 10.4. The van der Waals surface area contributed by atoms with Gasteiger partial charge in [0.15, 0.2) is 11.6 Å². The first-order chi connectivity index (χ1) is 10.2. The van der Waals surface area contributed by atoms with E-state index in [4.69, 9.17) is 16.3 Å². The van der Waals surface area contributed by atoms with Gasteiger partial charge in [-0.05, 0) is 35.9 Å². The fraction of sp³-hybridized carbons (Fsp3) is 0. The molecular formula is C18H12ClFO. The van der Waals surface area contributed by atoms with Crippen LogP contribution in [-0.4, -0.2) is 0 Å². The van der Waals surface area contributed by atoms with Crippen molar-refractivity contribution in [2.45, 2.75) is 0 Å². The minimum Gasteiger partial charge on any atom is -0.454 e. The summed E-state index contributed by atoms with van der Waals surface area (Å²) in [5.41, 5.74) is 1.54. The van der Waals surface area contributed by atoms with Crippen LogP contribution >= 0.6 is 11.6 Å². The SMILES string of the molecule is Fc1cccc(-c2ccc(Cl)cc2)c1Oc1ccccc1. The van der Waals surface area contributed by atoms with Crippen molar-refractivity contribution in [1.82, 2.24) is 0 Å². The molecule has 0 spiro atoms. The lowest BCUT2D eigenvalue weighted by Crippen LogP contribution is -1.92. The molecule has 0 aliphatic carbocycles. The first-order valence-electron chi connectivity index (χ1n) is 6.51. The lowest BCUT2D eigenvalue weighted by Gasteiger charge is -2.12. The molecule has 0 aromatic heterocycles. The molecule has 0 saturated carbocycles. The predicted molar refractivity (Wildman–Crippen MR) is 83.4 cm³/mol. The predicted octanol–water partition coefficient (Wildman–Crippen LogP) is 5.94. The summed E-state index contributed by atoms with van der Waals surface area (Å²) in [5.74, 6) is 0.412.